The average molecular weight is 367 g/mol. The number of aromatic amines is 1. The monoisotopic (exact) mass is 367 g/mol. The Morgan fingerprint density at radius 2 is 1.88 bits per heavy atom. The molecule has 0 saturated carbocycles. The van der Waals surface area contributed by atoms with Crippen LogP contribution in [0.2, 0.25) is 0 Å². The summed E-state index contributed by atoms with van der Waals surface area (Å²) in [5, 5.41) is 10.4. The number of hydrogen-bond acceptors (Lipinski definition) is 5. The molecular weight excluding hydrogens is 346 g/mol. The molecule has 0 radical (unpaired) electrons. The predicted octanol–water partition coefficient (Wildman–Crippen LogP) is 3.72. The molecule has 0 aliphatic carbocycles. The van der Waals surface area contributed by atoms with Crippen LogP contribution in [0.4, 0.5) is 5.82 Å². The van der Waals surface area contributed by atoms with E-state index in [0.717, 1.165) is 24.0 Å². The van der Waals surface area contributed by atoms with Gasteiger partial charge in [-0.25, -0.2) is 9.97 Å². The Hall–Kier alpha value is -2.67. The summed E-state index contributed by atoms with van der Waals surface area (Å²) in [5.41, 5.74) is 3.39. The van der Waals surface area contributed by atoms with Crippen LogP contribution in [-0.4, -0.2) is 31.8 Å². The lowest BCUT2D eigenvalue weighted by Gasteiger charge is -2.04. The Morgan fingerprint density at radius 1 is 1.12 bits per heavy atom. The minimum Gasteiger partial charge on any atom is -0.310 e. The van der Waals surface area contributed by atoms with Gasteiger partial charge in [-0.2, -0.15) is 0 Å². The van der Waals surface area contributed by atoms with E-state index in [1.165, 1.54) is 17.3 Å². The summed E-state index contributed by atoms with van der Waals surface area (Å²) in [6.45, 7) is 4.19. The lowest BCUT2D eigenvalue weighted by atomic mass is 10.1. The van der Waals surface area contributed by atoms with Crippen molar-refractivity contribution in [2.24, 2.45) is 0 Å². The van der Waals surface area contributed by atoms with E-state index in [0.29, 0.717) is 16.8 Å². The molecule has 7 heteroatoms. The second-order valence-electron chi connectivity index (χ2n) is 5.76. The molecule has 0 aliphatic heterocycles. The van der Waals surface area contributed by atoms with E-state index < -0.39 is 0 Å². The number of benzene rings is 1. The number of rotatable bonds is 7. The van der Waals surface area contributed by atoms with Crippen LogP contribution in [0.1, 0.15) is 25.0 Å². The number of amides is 1. The number of aryl methyl sites for hydroxylation is 2. The van der Waals surface area contributed by atoms with Gasteiger partial charge in [0.15, 0.2) is 5.82 Å². The van der Waals surface area contributed by atoms with Crippen LogP contribution in [0.25, 0.3) is 11.4 Å². The summed E-state index contributed by atoms with van der Waals surface area (Å²) in [5.74, 6) is 1.37. The van der Waals surface area contributed by atoms with Crippen molar-refractivity contribution in [3.05, 3.63) is 53.7 Å². The molecule has 0 bridgehead atoms. The minimum absolute atomic E-state index is 0.130. The van der Waals surface area contributed by atoms with Crippen molar-refractivity contribution in [2.45, 2.75) is 31.8 Å². The highest BCUT2D eigenvalue weighted by atomic mass is 32.2. The maximum atomic E-state index is 12.1. The van der Waals surface area contributed by atoms with Gasteiger partial charge in [-0.1, -0.05) is 49.9 Å². The Labute approximate surface area is 156 Å². The molecule has 1 amide bonds. The highest BCUT2D eigenvalue weighted by Gasteiger charge is 2.10. The van der Waals surface area contributed by atoms with Crippen LogP contribution in [0.5, 0.6) is 0 Å². The number of hydrogen-bond donors (Lipinski definition) is 2. The molecule has 26 heavy (non-hydrogen) atoms. The first-order valence-electron chi connectivity index (χ1n) is 8.57. The molecule has 6 nitrogen and oxygen atoms in total. The Bertz CT molecular complexity index is 876. The third-order valence-corrected chi connectivity index (χ3v) is 4.78. The fourth-order valence-corrected chi connectivity index (χ4v) is 3.01. The zero-order valence-electron chi connectivity index (χ0n) is 14.8. The third kappa shape index (κ3) is 4.70. The summed E-state index contributed by atoms with van der Waals surface area (Å²) >= 11 is 1.29. The first-order chi connectivity index (χ1) is 12.7. The van der Waals surface area contributed by atoms with E-state index in [1.807, 2.05) is 24.3 Å². The van der Waals surface area contributed by atoms with Crippen molar-refractivity contribution in [3.8, 4) is 11.4 Å². The molecule has 0 spiro atoms. The molecule has 3 rings (SSSR count). The van der Waals surface area contributed by atoms with Gasteiger partial charge in [0.05, 0.1) is 5.75 Å². The number of thioether (sulfide) groups is 1. The van der Waals surface area contributed by atoms with Crippen molar-refractivity contribution >= 4 is 23.5 Å². The van der Waals surface area contributed by atoms with Gasteiger partial charge in [0.25, 0.3) is 0 Å². The van der Waals surface area contributed by atoms with Gasteiger partial charge in [-0.3, -0.25) is 9.89 Å². The van der Waals surface area contributed by atoms with Crippen molar-refractivity contribution in [2.75, 3.05) is 11.1 Å². The zero-order chi connectivity index (χ0) is 18.4. The zero-order valence-corrected chi connectivity index (χ0v) is 15.6. The SMILES string of the molecule is CCc1ccc(-c2nc(SCC(=O)Nc3cc(CC)ccn3)n[nH]2)cc1. The molecule has 2 heterocycles. The van der Waals surface area contributed by atoms with Crippen molar-refractivity contribution < 1.29 is 4.79 Å². The average Bonchev–Trinajstić information content (AvgIpc) is 3.15. The molecule has 2 N–H and O–H groups in total. The second kappa shape index (κ2) is 8.62. The number of carbonyl (C=O) groups excluding carboxylic acids is 1. The molecule has 1 aromatic carbocycles. The summed E-state index contributed by atoms with van der Waals surface area (Å²) in [7, 11) is 0. The fraction of sp³-hybridized carbons (Fsp3) is 0.263. The van der Waals surface area contributed by atoms with Crippen LogP contribution in [-0.2, 0) is 17.6 Å². The number of nitrogens with zero attached hydrogens (tertiary/aromatic N) is 3. The number of nitrogens with one attached hydrogen (secondary N) is 2. The van der Waals surface area contributed by atoms with Gasteiger partial charge >= 0.3 is 0 Å². The highest BCUT2D eigenvalue weighted by Crippen LogP contribution is 2.20. The molecule has 3 aromatic rings. The van der Waals surface area contributed by atoms with Crippen molar-refractivity contribution in [1.29, 1.82) is 0 Å². The molecule has 2 aromatic heterocycles. The fourth-order valence-electron chi connectivity index (χ4n) is 2.41. The van der Waals surface area contributed by atoms with Gasteiger partial charge in [-0.05, 0) is 36.1 Å². The summed E-state index contributed by atoms with van der Waals surface area (Å²) in [6.07, 6.45) is 3.61. The van der Waals surface area contributed by atoms with E-state index in [-0.39, 0.29) is 11.7 Å². The first-order valence-corrected chi connectivity index (χ1v) is 9.55. The normalized spacial score (nSPS) is 10.7. The molecule has 0 atom stereocenters. The van der Waals surface area contributed by atoms with E-state index in [2.05, 4.69) is 51.5 Å². The lowest BCUT2D eigenvalue weighted by molar-refractivity contribution is -0.113. The summed E-state index contributed by atoms with van der Waals surface area (Å²) in [4.78, 5) is 20.7. The van der Waals surface area contributed by atoms with Gasteiger partial charge in [-0.15, -0.1) is 5.10 Å². The van der Waals surface area contributed by atoms with Crippen LogP contribution in [0.3, 0.4) is 0 Å². The molecule has 0 fully saturated rings. The minimum atomic E-state index is -0.130. The third-order valence-electron chi connectivity index (χ3n) is 3.93. The molecule has 0 unspecified atom stereocenters. The van der Waals surface area contributed by atoms with Crippen LogP contribution in [0.15, 0.2) is 47.8 Å². The largest absolute Gasteiger partial charge is 0.310 e. The van der Waals surface area contributed by atoms with Crippen molar-refractivity contribution in [1.82, 2.24) is 20.2 Å². The number of pyridine rings is 1. The van der Waals surface area contributed by atoms with Gasteiger partial charge in [0.2, 0.25) is 11.1 Å². The number of carbonyl (C=O) groups is 1. The second-order valence-corrected chi connectivity index (χ2v) is 6.70. The van der Waals surface area contributed by atoms with Crippen LogP contribution < -0.4 is 5.32 Å². The number of anilines is 1. The van der Waals surface area contributed by atoms with Crippen LogP contribution >= 0.6 is 11.8 Å². The molecular formula is C19H21N5OS. The van der Waals surface area contributed by atoms with Gasteiger partial charge in [0.1, 0.15) is 5.82 Å². The van der Waals surface area contributed by atoms with Crippen molar-refractivity contribution in [3.63, 3.8) is 0 Å². The lowest BCUT2D eigenvalue weighted by Crippen LogP contribution is -2.15. The van der Waals surface area contributed by atoms with E-state index >= 15 is 0 Å². The van der Waals surface area contributed by atoms with E-state index in [9.17, 15) is 4.79 Å². The number of H-pyrrole nitrogens is 1. The maximum Gasteiger partial charge on any atom is 0.236 e. The molecule has 134 valence electrons. The standard InChI is InChI=1S/C19H21N5OS/c1-3-13-5-7-15(8-6-13)18-22-19(24-23-18)26-12-17(25)21-16-11-14(4-2)9-10-20-16/h5-11H,3-4,12H2,1-2H3,(H,20,21,25)(H,22,23,24). The maximum absolute atomic E-state index is 12.1. The Morgan fingerprint density at radius 3 is 2.62 bits per heavy atom. The topological polar surface area (TPSA) is 83.6 Å². The first kappa shape index (κ1) is 18.1. The highest BCUT2D eigenvalue weighted by molar-refractivity contribution is 7.99. The quantitative estimate of drug-likeness (QED) is 0.622. The molecule has 0 saturated heterocycles. The van der Waals surface area contributed by atoms with Gasteiger partial charge in [0, 0.05) is 11.8 Å². The Balaban J connectivity index is 1.56. The number of aromatic nitrogens is 4. The summed E-state index contributed by atoms with van der Waals surface area (Å²) < 4.78 is 0. The van der Waals surface area contributed by atoms with Crippen LogP contribution in [0, 0.1) is 0 Å². The van der Waals surface area contributed by atoms with Gasteiger partial charge < -0.3 is 5.32 Å². The summed E-state index contributed by atoms with van der Waals surface area (Å²) in [6, 6.07) is 12.0. The smallest absolute Gasteiger partial charge is 0.236 e. The van der Waals surface area contributed by atoms with E-state index in [1.54, 1.807) is 6.20 Å². The Kier molecular flexibility index (Phi) is 6.01. The molecule has 0 aliphatic rings. The predicted molar refractivity (Wildman–Crippen MR) is 104 cm³/mol. The van der Waals surface area contributed by atoms with E-state index in [4.69, 9.17) is 0 Å².